The van der Waals surface area contributed by atoms with Gasteiger partial charge in [-0.3, -0.25) is 9.59 Å². The molecule has 0 fully saturated rings. The summed E-state index contributed by atoms with van der Waals surface area (Å²) in [5.74, 6) is -2.74. The van der Waals surface area contributed by atoms with Crippen molar-refractivity contribution in [2.45, 2.75) is 35.3 Å². The summed E-state index contributed by atoms with van der Waals surface area (Å²) < 4.78 is 66.0. The largest absolute Gasteiger partial charge is 0.573 e. The van der Waals surface area contributed by atoms with Crippen molar-refractivity contribution in [2.75, 3.05) is 16.4 Å². The molecule has 1 aliphatic rings. The number of hydrogen-bond donors (Lipinski definition) is 2. The lowest BCUT2D eigenvalue weighted by molar-refractivity contribution is -0.274. The lowest BCUT2D eigenvalue weighted by atomic mass is 10.2. The van der Waals surface area contributed by atoms with Crippen molar-refractivity contribution in [3.8, 4) is 5.75 Å². The van der Waals surface area contributed by atoms with Crippen LogP contribution in [0.15, 0.2) is 52.3 Å². The molecule has 1 aliphatic heterocycles. The van der Waals surface area contributed by atoms with Crippen LogP contribution in [0.3, 0.4) is 0 Å². The summed E-state index contributed by atoms with van der Waals surface area (Å²) >= 11 is 1.32. The number of fused-ring (bicyclic) bond motifs is 1. The number of nitrogens with one attached hydrogen (secondary N) is 2. The minimum atomic E-state index is -4.83. The van der Waals surface area contributed by atoms with Gasteiger partial charge in [-0.05, 0) is 49.4 Å². The third-order valence-corrected chi connectivity index (χ3v) is 7.60. The molecule has 1 heterocycles. The highest BCUT2D eigenvalue weighted by Gasteiger charge is 2.31. The Morgan fingerprint density at radius 2 is 1.88 bits per heavy atom. The monoisotopic (exact) mass is 488 g/mol. The molecule has 2 aromatic rings. The molecule has 0 unspecified atom stereocenters. The van der Waals surface area contributed by atoms with Gasteiger partial charge in [0.25, 0.3) is 0 Å². The Balaban J connectivity index is 1.65. The molecule has 0 radical (unpaired) electrons. The Morgan fingerprint density at radius 1 is 1.22 bits per heavy atom. The zero-order valence-corrected chi connectivity index (χ0v) is 18.5. The molecule has 0 aliphatic carbocycles. The Hall–Kier alpha value is -2.73. The normalized spacial score (nSPS) is 17.2. The summed E-state index contributed by atoms with van der Waals surface area (Å²) in [5, 5.41) is 4.84. The van der Waals surface area contributed by atoms with E-state index in [1.54, 1.807) is 13.0 Å². The van der Waals surface area contributed by atoms with Crippen LogP contribution in [-0.4, -0.2) is 37.6 Å². The van der Waals surface area contributed by atoms with Crippen LogP contribution in [0.2, 0.25) is 0 Å². The van der Waals surface area contributed by atoms with E-state index in [1.807, 2.05) is 0 Å². The van der Waals surface area contributed by atoms with Crippen molar-refractivity contribution in [1.29, 1.82) is 0 Å². The van der Waals surface area contributed by atoms with Crippen LogP contribution in [0.5, 0.6) is 5.75 Å². The summed E-state index contributed by atoms with van der Waals surface area (Å²) in [7, 11) is -3.85. The van der Waals surface area contributed by atoms with E-state index in [0.29, 0.717) is 5.69 Å². The van der Waals surface area contributed by atoms with Crippen molar-refractivity contribution in [1.82, 2.24) is 0 Å². The number of ether oxygens (including phenoxy) is 1. The van der Waals surface area contributed by atoms with Gasteiger partial charge in [0, 0.05) is 16.5 Å². The molecule has 0 aromatic heterocycles. The quantitative estimate of drug-likeness (QED) is 0.636. The van der Waals surface area contributed by atoms with Gasteiger partial charge in [0.2, 0.25) is 11.8 Å². The molecule has 0 saturated carbocycles. The second kappa shape index (κ2) is 9.02. The standard InChI is InChI=1S/C20H19F3N2O5S2/c1-11(18(26)24-13-3-5-14(6-4-13)30-20(21,22)23)10-32(28,29)15-7-8-17-16(9-15)25-19(27)12(2)31-17/h3-9,11-12H,10H2,1-2H3,(H,24,26)(H,25,27)/t11-,12-/m1/s1. The first-order valence-electron chi connectivity index (χ1n) is 9.35. The number of amides is 2. The molecule has 172 valence electrons. The molecule has 2 amide bonds. The number of anilines is 2. The maximum absolute atomic E-state index is 12.8. The topological polar surface area (TPSA) is 102 Å². The summed E-state index contributed by atoms with van der Waals surface area (Å²) in [5.41, 5.74) is 0.592. The van der Waals surface area contributed by atoms with Crippen molar-refractivity contribution < 1.29 is 35.9 Å². The zero-order chi connectivity index (χ0) is 23.7. The van der Waals surface area contributed by atoms with Gasteiger partial charge >= 0.3 is 6.36 Å². The first-order valence-corrected chi connectivity index (χ1v) is 11.9. The van der Waals surface area contributed by atoms with E-state index in [2.05, 4.69) is 15.4 Å². The van der Waals surface area contributed by atoms with E-state index in [1.165, 1.54) is 43.0 Å². The van der Waals surface area contributed by atoms with E-state index in [4.69, 9.17) is 0 Å². The number of thioether (sulfide) groups is 1. The first kappa shape index (κ1) is 23.9. The number of rotatable bonds is 6. The van der Waals surface area contributed by atoms with E-state index in [9.17, 15) is 31.2 Å². The van der Waals surface area contributed by atoms with Crippen LogP contribution in [-0.2, 0) is 19.4 Å². The Morgan fingerprint density at radius 3 is 2.50 bits per heavy atom. The van der Waals surface area contributed by atoms with Crippen molar-refractivity contribution in [3.05, 3.63) is 42.5 Å². The van der Waals surface area contributed by atoms with Crippen LogP contribution in [0.25, 0.3) is 0 Å². The number of carbonyl (C=O) groups excluding carboxylic acids is 2. The maximum Gasteiger partial charge on any atom is 0.573 e. The summed E-state index contributed by atoms with van der Waals surface area (Å²) in [6.07, 6.45) is -4.83. The molecule has 2 atom stereocenters. The molecule has 0 spiro atoms. The van der Waals surface area contributed by atoms with Crippen molar-refractivity contribution in [3.63, 3.8) is 0 Å². The van der Waals surface area contributed by atoms with Gasteiger partial charge in [-0.2, -0.15) is 0 Å². The zero-order valence-electron chi connectivity index (χ0n) is 16.9. The van der Waals surface area contributed by atoms with Gasteiger partial charge < -0.3 is 15.4 Å². The van der Waals surface area contributed by atoms with Crippen LogP contribution in [0, 0.1) is 5.92 Å². The molecule has 7 nitrogen and oxygen atoms in total. The Bertz CT molecular complexity index is 1130. The molecule has 2 aromatic carbocycles. The Labute approximate surface area is 186 Å². The molecule has 0 bridgehead atoms. The van der Waals surface area contributed by atoms with Gasteiger partial charge in [-0.1, -0.05) is 6.92 Å². The number of benzene rings is 2. The second-order valence-electron chi connectivity index (χ2n) is 7.15. The number of halogens is 3. The molecular formula is C20H19F3N2O5S2. The fourth-order valence-electron chi connectivity index (χ4n) is 2.89. The fraction of sp³-hybridized carbons (Fsp3) is 0.300. The van der Waals surface area contributed by atoms with Crippen molar-refractivity contribution in [2.24, 2.45) is 5.92 Å². The van der Waals surface area contributed by atoms with Gasteiger partial charge in [0.15, 0.2) is 9.84 Å². The second-order valence-corrected chi connectivity index (χ2v) is 10.6. The predicted octanol–water partition coefficient (Wildman–Crippen LogP) is 4.07. The molecule has 12 heteroatoms. The highest BCUT2D eigenvalue weighted by molar-refractivity contribution is 8.01. The SMILES string of the molecule is C[C@H](CS(=O)(=O)c1ccc2c(c1)NC(=O)[C@@H](C)S2)C(=O)Nc1ccc(OC(F)(F)F)cc1. The average Bonchev–Trinajstić information content (AvgIpc) is 2.68. The minimum Gasteiger partial charge on any atom is -0.406 e. The van der Waals surface area contributed by atoms with Gasteiger partial charge in [0.05, 0.1) is 21.6 Å². The molecule has 0 saturated heterocycles. The van der Waals surface area contributed by atoms with E-state index in [0.717, 1.165) is 17.0 Å². The minimum absolute atomic E-state index is 0.0278. The van der Waals surface area contributed by atoms with Crippen LogP contribution >= 0.6 is 11.8 Å². The molecule has 2 N–H and O–H groups in total. The number of carbonyl (C=O) groups is 2. The van der Waals surface area contributed by atoms with Crippen molar-refractivity contribution >= 4 is 44.8 Å². The fourth-order valence-corrected chi connectivity index (χ4v) is 5.39. The number of sulfone groups is 1. The number of hydrogen-bond acceptors (Lipinski definition) is 6. The smallest absolute Gasteiger partial charge is 0.406 e. The summed E-state index contributed by atoms with van der Waals surface area (Å²) in [4.78, 5) is 25.0. The maximum atomic E-state index is 12.8. The van der Waals surface area contributed by atoms with Crippen LogP contribution in [0.1, 0.15) is 13.8 Å². The van der Waals surface area contributed by atoms with E-state index in [-0.39, 0.29) is 21.7 Å². The summed E-state index contributed by atoms with van der Waals surface area (Å²) in [6, 6.07) is 8.89. The molecular weight excluding hydrogens is 469 g/mol. The predicted molar refractivity (Wildman–Crippen MR) is 113 cm³/mol. The molecule has 32 heavy (non-hydrogen) atoms. The van der Waals surface area contributed by atoms with Gasteiger partial charge in [-0.25, -0.2) is 8.42 Å². The van der Waals surface area contributed by atoms with Crippen LogP contribution in [0.4, 0.5) is 24.5 Å². The third kappa shape index (κ3) is 5.94. The Kier molecular flexibility index (Phi) is 6.75. The highest BCUT2D eigenvalue weighted by atomic mass is 32.2. The van der Waals surface area contributed by atoms with Gasteiger partial charge in [0.1, 0.15) is 5.75 Å². The molecule has 3 rings (SSSR count). The van der Waals surface area contributed by atoms with E-state index >= 15 is 0 Å². The van der Waals surface area contributed by atoms with Gasteiger partial charge in [-0.15, -0.1) is 24.9 Å². The average molecular weight is 489 g/mol. The lowest BCUT2D eigenvalue weighted by Crippen LogP contribution is -2.28. The first-order chi connectivity index (χ1) is 14.8. The van der Waals surface area contributed by atoms with E-state index < -0.39 is 39.5 Å². The summed E-state index contributed by atoms with van der Waals surface area (Å²) in [6.45, 7) is 3.16. The number of alkyl halides is 3. The third-order valence-electron chi connectivity index (χ3n) is 4.51. The lowest BCUT2D eigenvalue weighted by Gasteiger charge is -2.22. The highest BCUT2D eigenvalue weighted by Crippen LogP contribution is 2.37. The van der Waals surface area contributed by atoms with Crippen LogP contribution < -0.4 is 15.4 Å².